The molecule has 2 aliphatic rings. The summed E-state index contributed by atoms with van der Waals surface area (Å²) in [7, 11) is 1.77. The van der Waals surface area contributed by atoms with Gasteiger partial charge < -0.3 is 20.7 Å². The van der Waals surface area contributed by atoms with E-state index in [1.165, 1.54) is 12.3 Å². The average molecular weight is 489 g/mol. The van der Waals surface area contributed by atoms with Crippen molar-refractivity contribution in [3.8, 4) is 10.6 Å². The highest BCUT2D eigenvalue weighted by Gasteiger charge is 2.37. The Morgan fingerprint density at radius 1 is 1.26 bits per heavy atom. The highest BCUT2D eigenvalue weighted by atomic mass is 32.1. The van der Waals surface area contributed by atoms with Gasteiger partial charge in [-0.25, -0.2) is 13.8 Å². The lowest BCUT2D eigenvalue weighted by atomic mass is 9.97. The summed E-state index contributed by atoms with van der Waals surface area (Å²) in [5.74, 6) is -1.43. The summed E-state index contributed by atoms with van der Waals surface area (Å²) >= 11 is 0.838. The second kappa shape index (κ2) is 8.67. The SMILES string of the molecule is Cn1ncc(NC(=O)c2nc(-c3c(F)cccc3F)sc2N)c1N1CC[C@H]2CC(=O)O[C@H]2CC1. The molecule has 1 aromatic carbocycles. The number of halogens is 2. The highest BCUT2D eigenvalue weighted by molar-refractivity contribution is 7.19. The molecule has 0 radical (unpaired) electrons. The Balaban J connectivity index is 1.37. The van der Waals surface area contributed by atoms with Gasteiger partial charge in [0, 0.05) is 32.5 Å². The first-order chi connectivity index (χ1) is 16.3. The normalized spacial score (nSPS) is 20.1. The fourth-order valence-corrected chi connectivity index (χ4v) is 5.43. The molecule has 2 fully saturated rings. The molecule has 5 rings (SSSR count). The van der Waals surface area contributed by atoms with Crippen LogP contribution < -0.4 is 16.0 Å². The zero-order chi connectivity index (χ0) is 24.0. The largest absolute Gasteiger partial charge is 0.462 e. The molecule has 2 atom stereocenters. The van der Waals surface area contributed by atoms with Crippen molar-refractivity contribution in [1.82, 2.24) is 14.8 Å². The van der Waals surface area contributed by atoms with Gasteiger partial charge in [-0.15, -0.1) is 0 Å². The number of anilines is 3. The van der Waals surface area contributed by atoms with E-state index in [0.29, 0.717) is 37.4 Å². The van der Waals surface area contributed by atoms with Crippen LogP contribution in [0.1, 0.15) is 29.8 Å². The summed E-state index contributed by atoms with van der Waals surface area (Å²) in [5.41, 5.74) is 6.00. The molecule has 0 bridgehead atoms. The van der Waals surface area contributed by atoms with E-state index >= 15 is 0 Å². The van der Waals surface area contributed by atoms with E-state index in [4.69, 9.17) is 10.5 Å². The molecule has 2 aliphatic heterocycles. The van der Waals surface area contributed by atoms with Crippen molar-refractivity contribution in [2.75, 3.05) is 29.0 Å². The minimum Gasteiger partial charge on any atom is -0.462 e. The predicted octanol–water partition coefficient (Wildman–Crippen LogP) is 3.19. The molecule has 0 spiro atoms. The molecule has 0 saturated carbocycles. The molecule has 34 heavy (non-hydrogen) atoms. The Morgan fingerprint density at radius 2 is 2.00 bits per heavy atom. The van der Waals surface area contributed by atoms with Crippen LogP contribution in [0.4, 0.5) is 25.3 Å². The first-order valence-corrected chi connectivity index (χ1v) is 11.6. The topological polar surface area (TPSA) is 115 Å². The molecule has 1 amide bonds. The van der Waals surface area contributed by atoms with Crippen molar-refractivity contribution in [2.45, 2.75) is 25.4 Å². The number of ether oxygens (including phenoxy) is 1. The third-order valence-corrected chi connectivity index (χ3v) is 7.09. The fourth-order valence-electron chi connectivity index (χ4n) is 4.55. The van der Waals surface area contributed by atoms with Gasteiger partial charge in [0.1, 0.15) is 33.4 Å². The molecule has 9 nitrogen and oxygen atoms in total. The molecule has 2 saturated heterocycles. The van der Waals surface area contributed by atoms with E-state index < -0.39 is 17.5 Å². The second-order valence-electron chi connectivity index (χ2n) is 8.35. The first-order valence-electron chi connectivity index (χ1n) is 10.8. The second-order valence-corrected chi connectivity index (χ2v) is 9.38. The number of hydrogen-bond donors (Lipinski definition) is 2. The van der Waals surface area contributed by atoms with Gasteiger partial charge in [0.15, 0.2) is 11.5 Å². The number of aryl methyl sites for hydroxylation is 1. The van der Waals surface area contributed by atoms with Gasteiger partial charge in [0.05, 0.1) is 18.2 Å². The van der Waals surface area contributed by atoms with Crippen molar-refractivity contribution in [3.63, 3.8) is 0 Å². The highest BCUT2D eigenvalue weighted by Crippen LogP contribution is 2.36. The first kappa shape index (κ1) is 22.3. The summed E-state index contributed by atoms with van der Waals surface area (Å²) in [4.78, 5) is 30.8. The number of carbonyl (C=O) groups is 2. The lowest BCUT2D eigenvalue weighted by molar-refractivity contribution is -0.141. The number of fused-ring (bicyclic) bond motifs is 1. The van der Waals surface area contributed by atoms with E-state index in [0.717, 1.165) is 29.9 Å². The van der Waals surface area contributed by atoms with Crippen molar-refractivity contribution >= 4 is 39.7 Å². The van der Waals surface area contributed by atoms with Gasteiger partial charge in [0.25, 0.3) is 5.91 Å². The van der Waals surface area contributed by atoms with Crippen LogP contribution in [0.3, 0.4) is 0 Å². The van der Waals surface area contributed by atoms with Crippen LogP contribution in [0.15, 0.2) is 24.4 Å². The van der Waals surface area contributed by atoms with E-state index in [-0.39, 0.29) is 39.3 Å². The summed E-state index contributed by atoms with van der Waals surface area (Å²) < 4.78 is 35.4. The molecular formula is C22H22F2N6O3S. The molecule has 0 aliphatic carbocycles. The van der Waals surface area contributed by atoms with Crippen molar-refractivity contribution < 1.29 is 23.1 Å². The number of nitrogen functional groups attached to an aromatic ring is 1. The number of rotatable bonds is 4. The number of aromatic nitrogens is 3. The minimum absolute atomic E-state index is 0.0155. The number of benzene rings is 1. The van der Waals surface area contributed by atoms with Gasteiger partial charge in [-0.3, -0.25) is 14.3 Å². The maximum Gasteiger partial charge on any atom is 0.306 e. The predicted molar refractivity (Wildman–Crippen MR) is 122 cm³/mol. The van der Waals surface area contributed by atoms with Gasteiger partial charge in [-0.2, -0.15) is 5.10 Å². The number of nitrogens with two attached hydrogens (primary N) is 1. The number of amides is 1. The zero-order valence-corrected chi connectivity index (χ0v) is 19.1. The average Bonchev–Trinajstić information content (AvgIpc) is 3.41. The van der Waals surface area contributed by atoms with Crippen LogP contribution in [-0.4, -0.2) is 45.8 Å². The Hall–Kier alpha value is -3.54. The van der Waals surface area contributed by atoms with Crippen molar-refractivity contribution in [2.24, 2.45) is 13.0 Å². The molecule has 3 N–H and O–H groups in total. The minimum atomic E-state index is -0.785. The number of esters is 1. The van der Waals surface area contributed by atoms with Gasteiger partial charge >= 0.3 is 5.97 Å². The van der Waals surface area contributed by atoms with E-state index in [1.54, 1.807) is 11.7 Å². The van der Waals surface area contributed by atoms with Crippen LogP contribution in [0.5, 0.6) is 0 Å². The van der Waals surface area contributed by atoms with Crippen LogP contribution >= 0.6 is 11.3 Å². The Kier molecular flexibility index (Phi) is 5.68. The van der Waals surface area contributed by atoms with E-state index in [2.05, 4.69) is 20.3 Å². The summed E-state index contributed by atoms with van der Waals surface area (Å²) in [6.45, 7) is 1.31. The number of hydrogen-bond acceptors (Lipinski definition) is 8. The summed E-state index contributed by atoms with van der Waals surface area (Å²) in [6, 6.07) is 3.49. The number of thiazole rings is 1. The van der Waals surface area contributed by atoms with Crippen molar-refractivity contribution in [3.05, 3.63) is 41.7 Å². The van der Waals surface area contributed by atoms with Crippen molar-refractivity contribution in [1.29, 1.82) is 0 Å². The molecule has 4 heterocycles. The number of nitrogens with zero attached hydrogens (tertiary/aromatic N) is 4. The maximum atomic E-state index is 14.2. The third kappa shape index (κ3) is 3.98. The molecule has 0 unspecified atom stereocenters. The Labute approximate surface area is 197 Å². The number of nitrogens with one attached hydrogen (secondary N) is 1. The summed E-state index contributed by atoms with van der Waals surface area (Å²) in [5, 5.41) is 7.09. The fraction of sp³-hybridized carbons (Fsp3) is 0.364. The lowest BCUT2D eigenvalue weighted by Crippen LogP contribution is -2.28. The maximum absolute atomic E-state index is 14.2. The van der Waals surface area contributed by atoms with Gasteiger partial charge in [-0.05, 0) is 18.6 Å². The van der Waals surface area contributed by atoms with Crippen LogP contribution in [0.2, 0.25) is 0 Å². The lowest BCUT2D eigenvalue weighted by Gasteiger charge is -2.24. The van der Waals surface area contributed by atoms with Crippen LogP contribution in [0, 0.1) is 17.6 Å². The van der Waals surface area contributed by atoms with Gasteiger partial charge in [-0.1, -0.05) is 17.4 Å². The smallest absolute Gasteiger partial charge is 0.306 e. The Bertz CT molecular complexity index is 1240. The quantitative estimate of drug-likeness (QED) is 0.542. The standard InChI is InChI=1S/C22H22F2N6O3S/c1-29-22(30-7-5-11-9-16(31)33-15(11)6-8-30)14(10-26-29)27-20(32)18-19(25)34-21(28-18)17-12(23)3-2-4-13(17)24/h2-4,10-11,15H,5-9,25H2,1H3,(H,27,32)/t11-,15-/m0/s1. The molecular weight excluding hydrogens is 466 g/mol. The van der Waals surface area contributed by atoms with Crippen LogP contribution in [-0.2, 0) is 16.6 Å². The van der Waals surface area contributed by atoms with E-state index in [9.17, 15) is 18.4 Å². The van der Waals surface area contributed by atoms with Crippen LogP contribution in [0.25, 0.3) is 10.6 Å². The molecule has 3 aromatic rings. The molecule has 178 valence electrons. The number of carbonyl (C=O) groups excluding carboxylic acids is 2. The Morgan fingerprint density at radius 3 is 2.76 bits per heavy atom. The zero-order valence-electron chi connectivity index (χ0n) is 18.3. The third-order valence-electron chi connectivity index (χ3n) is 6.19. The van der Waals surface area contributed by atoms with E-state index in [1.807, 2.05) is 0 Å². The molecule has 12 heteroatoms. The molecule has 2 aromatic heterocycles. The van der Waals surface area contributed by atoms with Gasteiger partial charge in [0.2, 0.25) is 0 Å². The summed E-state index contributed by atoms with van der Waals surface area (Å²) in [6.07, 6.45) is 3.34. The monoisotopic (exact) mass is 488 g/mol.